The van der Waals surface area contributed by atoms with Crippen LogP contribution in [-0.2, 0) is 0 Å². The lowest BCUT2D eigenvalue weighted by atomic mass is 9.96. The van der Waals surface area contributed by atoms with Crippen molar-refractivity contribution in [3.63, 3.8) is 0 Å². The van der Waals surface area contributed by atoms with E-state index in [0.717, 1.165) is 30.4 Å². The van der Waals surface area contributed by atoms with E-state index in [4.69, 9.17) is 4.74 Å². The highest BCUT2D eigenvalue weighted by atomic mass is 19.4. The van der Waals surface area contributed by atoms with Gasteiger partial charge in [-0.15, -0.1) is 0 Å². The number of carbonyl (C=O) groups excluding carboxylic acids is 1. The van der Waals surface area contributed by atoms with Gasteiger partial charge in [0.15, 0.2) is 6.04 Å². The summed E-state index contributed by atoms with van der Waals surface area (Å²) in [5.74, 6) is 0.269. The van der Waals surface area contributed by atoms with Gasteiger partial charge in [-0.1, -0.05) is 25.0 Å². The summed E-state index contributed by atoms with van der Waals surface area (Å²) in [7, 11) is 1.51. The molecule has 2 aromatic rings. The van der Waals surface area contributed by atoms with Crippen molar-refractivity contribution < 1.29 is 22.7 Å². The van der Waals surface area contributed by atoms with Crippen LogP contribution in [0.2, 0.25) is 0 Å². The predicted octanol–water partition coefficient (Wildman–Crippen LogP) is 4.22. The summed E-state index contributed by atoms with van der Waals surface area (Å²) < 4.78 is 47.4. The number of carbonyl (C=O) groups is 1. The van der Waals surface area contributed by atoms with Crippen molar-refractivity contribution in [1.82, 2.24) is 15.1 Å². The molecule has 0 unspecified atom stereocenters. The molecule has 2 N–H and O–H groups in total. The first kappa shape index (κ1) is 19.6. The maximum absolute atomic E-state index is 13.8. The molecule has 0 bridgehead atoms. The summed E-state index contributed by atoms with van der Waals surface area (Å²) in [5.41, 5.74) is 0.798. The van der Waals surface area contributed by atoms with E-state index in [9.17, 15) is 18.0 Å². The third kappa shape index (κ3) is 3.90. The lowest BCUT2D eigenvalue weighted by Crippen LogP contribution is -2.37. The molecule has 29 heavy (non-hydrogen) atoms. The third-order valence-corrected chi connectivity index (χ3v) is 5.67. The normalized spacial score (nSPS) is 22.1. The van der Waals surface area contributed by atoms with Gasteiger partial charge in [-0.25, -0.2) is 4.68 Å². The van der Waals surface area contributed by atoms with Crippen LogP contribution in [0.15, 0.2) is 30.5 Å². The number of nitrogens with zero attached hydrogens (tertiary/aromatic N) is 2. The van der Waals surface area contributed by atoms with Gasteiger partial charge >= 0.3 is 6.18 Å². The Morgan fingerprint density at radius 1 is 1.31 bits per heavy atom. The maximum atomic E-state index is 13.8. The van der Waals surface area contributed by atoms with Crippen molar-refractivity contribution in [3.8, 4) is 5.75 Å². The monoisotopic (exact) mass is 408 g/mol. The molecule has 1 aliphatic carbocycles. The summed E-state index contributed by atoms with van der Waals surface area (Å²) in [6, 6.07) is 4.54. The summed E-state index contributed by atoms with van der Waals surface area (Å²) in [4.78, 5) is 12.7. The second kappa shape index (κ2) is 7.61. The minimum absolute atomic E-state index is 0.0641. The number of benzene rings is 1. The maximum Gasteiger partial charge on any atom is 0.410 e. The average Bonchev–Trinajstić information content (AvgIpc) is 3.36. The number of rotatable bonds is 4. The number of anilines is 1. The molecule has 6 nitrogen and oxygen atoms in total. The van der Waals surface area contributed by atoms with Gasteiger partial charge in [-0.2, -0.15) is 18.3 Å². The summed E-state index contributed by atoms with van der Waals surface area (Å²) in [6.07, 6.45) is 0.376. The summed E-state index contributed by atoms with van der Waals surface area (Å²) >= 11 is 0. The molecule has 2 aliphatic rings. The van der Waals surface area contributed by atoms with E-state index in [0.29, 0.717) is 11.3 Å². The zero-order chi connectivity index (χ0) is 20.6. The zero-order valence-corrected chi connectivity index (χ0v) is 16.0. The van der Waals surface area contributed by atoms with Crippen molar-refractivity contribution in [2.24, 2.45) is 0 Å². The van der Waals surface area contributed by atoms with Gasteiger partial charge in [0.2, 0.25) is 0 Å². The minimum atomic E-state index is -4.49. The largest absolute Gasteiger partial charge is 0.497 e. The number of alkyl halides is 3. The van der Waals surface area contributed by atoms with Crippen molar-refractivity contribution in [2.45, 2.75) is 56.4 Å². The first-order chi connectivity index (χ1) is 13.9. The van der Waals surface area contributed by atoms with Crippen LogP contribution in [0.4, 0.5) is 19.0 Å². The van der Waals surface area contributed by atoms with Gasteiger partial charge in [0.1, 0.15) is 17.1 Å². The number of hydrogen-bond donors (Lipinski definition) is 2. The first-order valence-corrected chi connectivity index (χ1v) is 9.72. The van der Waals surface area contributed by atoms with Crippen LogP contribution in [0.3, 0.4) is 0 Å². The van der Waals surface area contributed by atoms with Gasteiger partial charge in [-0.3, -0.25) is 4.79 Å². The number of halogens is 3. The lowest BCUT2D eigenvalue weighted by Gasteiger charge is -2.34. The van der Waals surface area contributed by atoms with Gasteiger partial charge in [0, 0.05) is 12.5 Å². The van der Waals surface area contributed by atoms with Crippen LogP contribution >= 0.6 is 0 Å². The second-order valence-corrected chi connectivity index (χ2v) is 7.57. The Morgan fingerprint density at radius 3 is 2.76 bits per heavy atom. The molecule has 4 rings (SSSR count). The highest BCUT2D eigenvalue weighted by Gasteiger charge is 2.47. The molecule has 2 atom stereocenters. The number of amides is 1. The number of hydrogen-bond acceptors (Lipinski definition) is 4. The Hall–Kier alpha value is -2.71. The van der Waals surface area contributed by atoms with Crippen molar-refractivity contribution in [3.05, 3.63) is 41.6 Å². The molecule has 1 saturated carbocycles. The van der Waals surface area contributed by atoms with Gasteiger partial charge in [-0.05, 0) is 30.5 Å². The molecule has 1 fully saturated rings. The fraction of sp³-hybridized carbons (Fsp3) is 0.500. The zero-order valence-electron chi connectivity index (χ0n) is 16.0. The predicted molar refractivity (Wildman–Crippen MR) is 101 cm³/mol. The van der Waals surface area contributed by atoms with E-state index in [1.165, 1.54) is 13.3 Å². The highest BCUT2D eigenvalue weighted by Crippen LogP contribution is 2.44. The van der Waals surface area contributed by atoms with Crippen LogP contribution in [0.25, 0.3) is 0 Å². The van der Waals surface area contributed by atoms with E-state index >= 15 is 0 Å². The van der Waals surface area contributed by atoms with Crippen molar-refractivity contribution in [1.29, 1.82) is 0 Å². The standard InChI is InChI=1S/C20H23F3N4O2/c1-29-14-8-4-5-12(9-14)16-10-17(20(21,22)23)27-18(26-16)15(11-24-27)19(28)25-13-6-2-3-7-13/h4-5,8-9,11,13,16-17,26H,2-3,6-7,10H2,1H3,(H,25,28)/t16-,17-/m1/s1. The van der Waals surface area contributed by atoms with Crippen LogP contribution in [0.5, 0.6) is 5.75 Å². The van der Waals surface area contributed by atoms with Crippen LogP contribution in [0, 0.1) is 0 Å². The Morgan fingerprint density at radius 2 is 2.07 bits per heavy atom. The van der Waals surface area contributed by atoms with E-state index in [2.05, 4.69) is 15.7 Å². The van der Waals surface area contributed by atoms with Crippen LogP contribution in [-0.4, -0.2) is 35.0 Å². The molecule has 1 aromatic carbocycles. The Kier molecular flexibility index (Phi) is 5.14. The van der Waals surface area contributed by atoms with E-state index < -0.39 is 24.2 Å². The molecule has 1 amide bonds. The molecule has 9 heteroatoms. The van der Waals surface area contributed by atoms with E-state index in [1.807, 2.05) is 0 Å². The number of ether oxygens (including phenoxy) is 1. The van der Waals surface area contributed by atoms with Crippen LogP contribution in [0.1, 0.15) is 60.1 Å². The molecular weight excluding hydrogens is 385 g/mol. The quantitative estimate of drug-likeness (QED) is 0.795. The topological polar surface area (TPSA) is 68.2 Å². The Labute approximate surface area is 166 Å². The Balaban J connectivity index is 1.67. The number of methoxy groups -OCH3 is 1. The number of nitrogens with one attached hydrogen (secondary N) is 2. The number of fused-ring (bicyclic) bond motifs is 1. The number of aromatic nitrogens is 2. The minimum Gasteiger partial charge on any atom is -0.497 e. The lowest BCUT2D eigenvalue weighted by molar-refractivity contribution is -0.173. The SMILES string of the molecule is COc1cccc([C@H]2C[C@H](C(F)(F)F)n3ncc(C(=O)NC4CCCC4)c3N2)c1. The van der Waals surface area contributed by atoms with E-state index in [-0.39, 0.29) is 23.8 Å². The van der Waals surface area contributed by atoms with Crippen LogP contribution < -0.4 is 15.4 Å². The Bertz CT molecular complexity index is 890. The molecule has 1 aromatic heterocycles. The molecule has 156 valence electrons. The fourth-order valence-corrected chi connectivity index (χ4v) is 4.14. The van der Waals surface area contributed by atoms with Crippen molar-refractivity contribution >= 4 is 11.7 Å². The fourth-order valence-electron chi connectivity index (χ4n) is 4.14. The van der Waals surface area contributed by atoms with Gasteiger partial charge in [0.25, 0.3) is 5.91 Å². The molecule has 1 aliphatic heterocycles. The average molecular weight is 408 g/mol. The first-order valence-electron chi connectivity index (χ1n) is 9.72. The molecule has 2 heterocycles. The smallest absolute Gasteiger partial charge is 0.410 e. The highest BCUT2D eigenvalue weighted by molar-refractivity contribution is 5.99. The molecule has 0 spiro atoms. The van der Waals surface area contributed by atoms with E-state index in [1.54, 1.807) is 24.3 Å². The second-order valence-electron chi connectivity index (χ2n) is 7.57. The molecule has 0 saturated heterocycles. The summed E-state index contributed by atoms with van der Waals surface area (Å²) in [5, 5.41) is 9.94. The van der Waals surface area contributed by atoms with Gasteiger partial charge in [0.05, 0.1) is 19.3 Å². The summed E-state index contributed by atoms with van der Waals surface area (Å²) in [6.45, 7) is 0. The van der Waals surface area contributed by atoms with Gasteiger partial charge < -0.3 is 15.4 Å². The molecule has 0 radical (unpaired) electrons. The third-order valence-electron chi connectivity index (χ3n) is 5.67. The molecular formula is C20H23F3N4O2. The van der Waals surface area contributed by atoms with Crippen molar-refractivity contribution in [2.75, 3.05) is 12.4 Å².